The second-order valence-corrected chi connectivity index (χ2v) is 4.96. The number of benzene rings is 1. The van der Waals surface area contributed by atoms with Crippen molar-refractivity contribution in [1.82, 2.24) is 5.32 Å². The zero-order valence-electron chi connectivity index (χ0n) is 12.0. The molecule has 0 aliphatic heterocycles. The van der Waals surface area contributed by atoms with Crippen LogP contribution in [-0.2, 0) is 9.53 Å². The van der Waals surface area contributed by atoms with Crippen molar-refractivity contribution in [1.29, 1.82) is 0 Å². The highest BCUT2D eigenvalue weighted by atomic mass is 19.2. The number of methoxy groups -OCH3 is 1. The third kappa shape index (κ3) is 3.90. The summed E-state index contributed by atoms with van der Waals surface area (Å²) < 4.78 is 36.5. The van der Waals surface area contributed by atoms with E-state index in [0.717, 1.165) is 6.07 Å². The number of esters is 1. The first-order chi connectivity index (χ1) is 9.30. The van der Waals surface area contributed by atoms with E-state index in [4.69, 9.17) is 9.47 Å². The highest BCUT2D eigenvalue weighted by Gasteiger charge is 2.36. The summed E-state index contributed by atoms with van der Waals surface area (Å²) in [6, 6.07) is 3.61. The molecule has 0 radical (unpaired) electrons. The Bertz CT molecular complexity index is 479. The summed E-state index contributed by atoms with van der Waals surface area (Å²) in [5, 5.41) is 3.00. The molecule has 0 bridgehead atoms. The lowest BCUT2D eigenvalue weighted by Crippen LogP contribution is -2.56. The third-order valence-corrected chi connectivity index (χ3v) is 2.68. The Morgan fingerprint density at radius 3 is 2.60 bits per heavy atom. The molecule has 1 aromatic rings. The Morgan fingerprint density at radius 2 is 2.05 bits per heavy atom. The van der Waals surface area contributed by atoms with Gasteiger partial charge in [-0.1, -0.05) is 6.07 Å². The fourth-order valence-electron chi connectivity index (χ4n) is 1.84. The number of hydrogen-bond acceptors (Lipinski definition) is 4. The summed E-state index contributed by atoms with van der Waals surface area (Å²) in [5.41, 5.74) is -1.15. The zero-order chi connectivity index (χ0) is 15.3. The van der Waals surface area contributed by atoms with Crippen LogP contribution in [0.15, 0.2) is 18.2 Å². The Morgan fingerprint density at radius 1 is 1.40 bits per heavy atom. The summed E-state index contributed by atoms with van der Waals surface area (Å²) in [4.78, 5) is 11.8. The van der Waals surface area contributed by atoms with Gasteiger partial charge in [0, 0.05) is 6.04 Å². The van der Waals surface area contributed by atoms with Gasteiger partial charge in [-0.25, -0.2) is 9.18 Å². The van der Waals surface area contributed by atoms with Crippen molar-refractivity contribution in [3.05, 3.63) is 29.8 Å². The summed E-state index contributed by atoms with van der Waals surface area (Å²) in [6.45, 7) is 5.10. The van der Waals surface area contributed by atoms with E-state index in [1.807, 2.05) is 13.8 Å². The van der Waals surface area contributed by atoms with E-state index in [0.29, 0.717) is 0 Å². The summed E-state index contributed by atoms with van der Waals surface area (Å²) in [6.07, 6.45) is 0. The number of carbonyl (C=O) groups excluding carboxylic acids is 1. The van der Waals surface area contributed by atoms with E-state index in [9.17, 15) is 13.6 Å². The van der Waals surface area contributed by atoms with Gasteiger partial charge in [0.2, 0.25) is 5.82 Å². The molecule has 1 rings (SSSR count). The van der Waals surface area contributed by atoms with Crippen LogP contribution in [0.25, 0.3) is 0 Å². The Balaban J connectivity index is 2.86. The van der Waals surface area contributed by atoms with Gasteiger partial charge >= 0.3 is 5.97 Å². The SMILES string of the molecule is COC(=O)C(C)(COc1cccc(F)c1F)NC(C)C. The maximum absolute atomic E-state index is 13.5. The minimum atomic E-state index is -1.15. The van der Waals surface area contributed by atoms with E-state index < -0.39 is 23.1 Å². The van der Waals surface area contributed by atoms with Gasteiger partial charge in [0.1, 0.15) is 12.1 Å². The molecule has 0 aliphatic rings. The van der Waals surface area contributed by atoms with E-state index in [-0.39, 0.29) is 18.4 Å². The molecule has 20 heavy (non-hydrogen) atoms. The molecular formula is C14H19F2NO3. The molecule has 0 heterocycles. The van der Waals surface area contributed by atoms with Crippen molar-refractivity contribution in [2.75, 3.05) is 13.7 Å². The van der Waals surface area contributed by atoms with Crippen LogP contribution in [0.4, 0.5) is 8.78 Å². The molecule has 0 aliphatic carbocycles. The highest BCUT2D eigenvalue weighted by Crippen LogP contribution is 2.21. The van der Waals surface area contributed by atoms with Gasteiger partial charge in [0.05, 0.1) is 7.11 Å². The largest absolute Gasteiger partial charge is 0.488 e. The van der Waals surface area contributed by atoms with E-state index in [1.165, 1.54) is 19.2 Å². The van der Waals surface area contributed by atoms with E-state index in [1.54, 1.807) is 6.92 Å². The third-order valence-electron chi connectivity index (χ3n) is 2.68. The van der Waals surface area contributed by atoms with Crippen LogP contribution < -0.4 is 10.1 Å². The molecule has 1 unspecified atom stereocenters. The smallest absolute Gasteiger partial charge is 0.329 e. The number of rotatable bonds is 6. The number of halogens is 2. The Kier molecular flexibility index (Phi) is 5.44. The summed E-state index contributed by atoms with van der Waals surface area (Å²) in [5.74, 6) is -2.86. The molecule has 0 amide bonds. The predicted octanol–water partition coefficient (Wildman–Crippen LogP) is 2.27. The lowest BCUT2D eigenvalue weighted by Gasteiger charge is -2.30. The van der Waals surface area contributed by atoms with Crippen molar-refractivity contribution < 1.29 is 23.0 Å². The minimum absolute atomic E-state index is 0.0138. The van der Waals surface area contributed by atoms with Crippen LogP contribution in [-0.4, -0.2) is 31.3 Å². The molecule has 112 valence electrons. The average molecular weight is 287 g/mol. The molecular weight excluding hydrogens is 268 g/mol. The molecule has 0 fully saturated rings. The lowest BCUT2D eigenvalue weighted by molar-refractivity contribution is -0.149. The lowest BCUT2D eigenvalue weighted by atomic mass is 10.0. The molecule has 1 aromatic carbocycles. The quantitative estimate of drug-likeness (QED) is 0.815. The molecule has 1 N–H and O–H groups in total. The Labute approximate surface area is 117 Å². The standard InChI is InChI=1S/C14H19F2NO3/c1-9(2)17-14(3,13(18)19-4)8-20-11-7-5-6-10(15)12(11)16/h5-7,9,17H,8H2,1-4H3. The van der Waals surface area contributed by atoms with Gasteiger partial charge in [0.25, 0.3) is 0 Å². The van der Waals surface area contributed by atoms with Gasteiger partial charge in [-0.05, 0) is 32.9 Å². The van der Waals surface area contributed by atoms with Gasteiger partial charge in [-0.3, -0.25) is 5.32 Å². The van der Waals surface area contributed by atoms with Crippen LogP contribution in [0.2, 0.25) is 0 Å². The second-order valence-electron chi connectivity index (χ2n) is 4.96. The highest BCUT2D eigenvalue weighted by molar-refractivity contribution is 5.80. The van der Waals surface area contributed by atoms with Crippen molar-refractivity contribution >= 4 is 5.97 Å². The first kappa shape index (κ1) is 16.4. The van der Waals surface area contributed by atoms with Gasteiger partial charge < -0.3 is 9.47 Å². The molecule has 0 aromatic heterocycles. The zero-order valence-corrected chi connectivity index (χ0v) is 12.0. The molecule has 1 atom stereocenters. The monoisotopic (exact) mass is 287 g/mol. The fourth-order valence-corrected chi connectivity index (χ4v) is 1.84. The molecule has 6 heteroatoms. The average Bonchev–Trinajstić information content (AvgIpc) is 2.38. The fraction of sp³-hybridized carbons (Fsp3) is 0.500. The normalized spacial score (nSPS) is 13.9. The number of carbonyl (C=O) groups is 1. The number of nitrogens with one attached hydrogen (secondary N) is 1. The van der Waals surface area contributed by atoms with Gasteiger partial charge in [-0.15, -0.1) is 0 Å². The molecule has 0 spiro atoms. The van der Waals surface area contributed by atoms with Gasteiger partial charge in [-0.2, -0.15) is 4.39 Å². The number of ether oxygens (including phenoxy) is 2. The van der Waals surface area contributed by atoms with Crippen molar-refractivity contribution in [2.45, 2.75) is 32.4 Å². The second kappa shape index (κ2) is 6.65. The van der Waals surface area contributed by atoms with Crippen LogP contribution >= 0.6 is 0 Å². The summed E-state index contributed by atoms with van der Waals surface area (Å²) >= 11 is 0. The maximum atomic E-state index is 13.5. The van der Waals surface area contributed by atoms with Crippen LogP contribution in [0.1, 0.15) is 20.8 Å². The van der Waals surface area contributed by atoms with Gasteiger partial charge in [0.15, 0.2) is 11.6 Å². The first-order valence-corrected chi connectivity index (χ1v) is 6.23. The van der Waals surface area contributed by atoms with Crippen LogP contribution in [0.5, 0.6) is 5.75 Å². The van der Waals surface area contributed by atoms with E-state index in [2.05, 4.69) is 5.32 Å². The first-order valence-electron chi connectivity index (χ1n) is 6.23. The molecule has 0 saturated carbocycles. The number of hydrogen-bond donors (Lipinski definition) is 1. The van der Waals surface area contributed by atoms with Crippen molar-refractivity contribution in [2.24, 2.45) is 0 Å². The topological polar surface area (TPSA) is 47.6 Å². The Hall–Kier alpha value is -1.69. The maximum Gasteiger partial charge on any atom is 0.329 e. The van der Waals surface area contributed by atoms with Crippen molar-refractivity contribution in [3.63, 3.8) is 0 Å². The summed E-state index contributed by atoms with van der Waals surface area (Å²) in [7, 11) is 1.26. The van der Waals surface area contributed by atoms with Crippen LogP contribution in [0.3, 0.4) is 0 Å². The molecule has 0 saturated heterocycles. The minimum Gasteiger partial charge on any atom is -0.488 e. The molecule has 4 nitrogen and oxygen atoms in total. The van der Waals surface area contributed by atoms with Crippen molar-refractivity contribution in [3.8, 4) is 5.75 Å². The van der Waals surface area contributed by atoms with E-state index >= 15 is 0 Å². The van der Waals surface area contributed by atoms with Crippen LogP contribution in [0, 0.1) is 11.6 Å². The predicted molar refractivity (Wildman–Crippen MR) is 70.5 cm³/mol.